The summed E-state index contributed by atoms with van der Waals surface area (Å²) in [5, 5.41) is 3.74. The number of carbonyl (C=O) groups excluding carboxylic acids is 2. The van der Waals surface area contributed by atoms with Gasteiger partial charge >= 0.3 is 0 Å². The van der Waals surface area contributed by atoms with Crippen LogP contribution in [0.1, 0.15) is 60.4 Å². The molecular formula is C25H31N5O3S. The number of hydrogen-bond donors (Lipinski definition) is 1. The predicted molar refractivity (Wildman–Crippen MR) is 136 cm³/mol. The van der Waals surface area contributed by atoms with Crippen LogP contribution < -0.4 is 15.6 Å². The number of amides is 2. The summed E-state index contributed by atoms with van der Waals surface area (Å²) in [4.78, 5) is 47.8. The Balaban J connectivity index is 1.52. The van der Waals surface area contributed by atoms with Crippen molar-refractivity contribution in [2.24, 2.45) is 0 Å². The molecule has 1 saturated heterocycles. The Labute approximate surface area is 203 Å². The molecule has 0 atom stereocenters. The van der Waals surface area contributed by atoms with Crippen LogP contribution in [0, 0.1) is 0 Å². The van der Waals surface area contributed by atoms with E-state index in [1.54, 1.807) is 33.2 Å². The van der Waals surface area contributed by atoms with E-state index in [-0.39, 0.29) is 23.1 Å². The standard InChI is InChI=1S/C25H31N5O3S/c1-4-5-10-26-23(32)18-15-30(17(2)3)16-19(22(18)31)24(33)28-11-13-29(14-12-28)25-27-20-8-6-7-9-21(20)34-25/h6-9,15-17H,4-5,10-14H2,1-3H3,(H,26,32). The average molecular weight is 482 g/mol. The van der Waals surface area contributed by atoms with Crippen molar-refractivity contribution < 1.29 is 9.59 Å². The highest BCUT2D eigenvalue weighted by Gasteiger charge is 2.27. The molecule has 1 N–H and O–H groups in total. The first-order chi connectivity index (χ1) is 16.4. The summed E-state index contributed by atoms with van der Waals surface area (Å²) in [6, 6.07) is 8.04. The summed E-state index contributed by atoms with van der Waals surface area (Å²) in [6.45, 7) is 8.70. The lowest BCUT2D eigenvalue weighted by Gasteiger charge is -2.34. The quantitative estimate of drug-likeness (QED) is 0.522. The molecular weight excluding hydrogens is 450 g/mol. The van der Waals surface area contributed by atoms with Gasteiger partial charge in [-0.15, -0.1) is 0 Å². The lowest BCUT2D eigenvalue weighted by atomic mass is 10.1. The molecule has 0 aliphatic carbocycles. The van der Waals surface area contributed by atoms with Gasteiger partial charge in [-0.2, -0.15) is 0 Å². The van der Waals surface area contributed by atoms with Gasteiger partial charge in [0, 0.05) is 51.2 Å². The smallest absolute Gasteiger partial charge is 0.259 e. The Bertz CT molecular complexity index is 1210. The minimum absolute atomic E-state index is 0.00484. The maximum absolute atomic E-state index is 13.4. The van der Waals surface area contributed by atoms with Crippen molar-refractivity contribution in [3.63, 3.8) is 0 Å². The number of piperazine rings is 1. The highest BCUT2D eigenvalue weighted by molar-refractivity contribution is 7.22. The van der Waals surface area contributed by atoms with Gasteiger partial charge in [-0.1, -0.05) is 36.8 Å². The number of pyridine rings is 1. The molecule has 0 spiro atoms. The summed E-state index contributed by atoms with van der Waals surface area (Å²) in [5.41, 5.74) is 0.530. The van der Waals surface area contributed by atoms with Crippen molar-refractivity contribution in [1.29, 1.82) is 0 Å². The number of thiazole rings is 1. The van der Waals surface area contributed by atoms with Crippen LogP contribution in [0.2, 0.25) is 0 Å². The molecule has 3 heterocycles. The third kappa shape index (κ3) is 4.99. The molecule has 9 heteroatoms. The monoisotopic (exact) mass is 481 g/mol. The predicted octanol–water partition coefficient (Wildman–Crippen LogP) is 3.53. The van der Waals surface area contributed by atoms with E-state index >= 15 is 0 Å². The van der Waals surface area contributed by atoms with Crippen LogP contribution in [0.5, 0.6) is 0 Å². The second-order valence-electron chi connectivity index (χ2n) is 8.81. The van der Waals surface area contributed by atoms with Crippen LogP contribution in [-0.4, -0.2) is 59.0 Å². The summed E-state index contributed by atoms with van der Waals surface area (Å²) >= 11 is 1.64. The molecule has 0 unspecified atom stereocenters. The van der Waals surface area contributed by atoms with Gasteiger partial charge in [0.25, 0.3) is 11.8 Å². The zero-order valence-electron chi connectivity index (χ0n) is 19.9. The Hall–Kier alpha value is -3.20. The number of carbonyl (C=O) groups is 2. The molecule has 34 heavy (non-hydrogen) atoms. The molecule has 4 rings (SSSR count). The SMILES string of the molecule is CCCCNC(=O)c1cn(C(C)C)cc(C(=O)N2CCN(c3nc4ccccc4s3)CC2)c1=O. The van der Waals surface area contributed by atoms with Gasteiger partial charge in [0.2, 0.25) is 5.43 Å². The van der Waals surface area contributed by atoms with Crippen LogP contribution in [0.15, 0.2) is 41.5 Å². The number of nitrogens with one attached hydrogen (secondary N) is 1. The van der Waals surface area contributed by atoms with E-state index < -0.39 is 11.3 Å². The topological polar surface area (TPSA) is 87.5 Å². The van der Waals surface area contributed by atoms with E-state index in [2.05, 4.69) is 16.3 Å². The second kappa shape index (κ2) is 10.4. The first kappa shape index (κ1) is 23.9. The Morgan fingerprint density at radius 1 is 1.09 bits per heavy atom. The lowest BCUT2D eigenvalue weighted by molar-refractivity contribution is 0.0744. The van der Waals surface area contributed by atoms with Crippen LogP contribution in [-0.2, 0) is 0 Å². The average Bonchev–Trinajstić information content (AvgIpc) is 3.28. The van der Waals surface area contributed by atoms with Gasteiger partial charge in [0.05, 0.1) is 10.2 Å². The van der Waals surface area contributed by atoms with E-state index in [4.69, 9.17) is 4.98 Å². The number of benzene rings is 1. The normalized spacial score (nSPS) is 14.1. The number of hydrogen-bond acceptors (Lipinski definition) is 6. The summed E-state index contributed by atoms with van der Waals surface area (Å²) < 4.78 is 2.90. The second-order valence-corrected chi connectivity index (χ2v) is 9.82. The Morgan fingerprint density at radius 2 is 1.79 bits per heavy atom. The van der Waals surface area contributed by atoms with Crippen LogP contribution in [0.3, 0.4) is 0 Å². The van der Waals surface area contributed by atoms with Gasteiger partial charge < -0.3 is 19.7 Å². The zero-order valence-corrected chi connectivity index (χ0v) is 20.7. The van der Waals surface area contributed by atoms with Crippen molar-refractivity contribution in [2.75, 3.05) is 37.6 Å². The van der Waals surface area contributed by atoms with Gasteiger partial charge in [0.15, 0.2) is 5.13 Å². The minimum Gasteiger partial charge on any atom is -0.352 e. The number of para-hydroxylation sites is 1. The molecule has 2 amide bonds. The fourth-order valence-corrected chi connectivity index (χ4v) is 4.97. The molecule has 1 fully saturated rings. The van der Waals surface area contributed by atoms with Crippen molar-refractivity contribution in [3.8, 4) is 0 Å². The molecule has 3 aromatic rings. The molecule has 180 valence electrons. The number of aromatic nitrogens is 2. The van der Waals surface area contributed by atoms with E-state index in [0.717, 1.165) is 28.2 Å². The largest absolute Gasteiger partial charge is 0.352 e. The zero-order chi connectivity index (χ0) is 24.2. The molecule has 1 aliphatic heterocycles. The van der Waals surface area contributed by atoms with Gasteiger partial charge in [-0.3, -0.25) is 14.4 Å². The van der Waals surface area contributed by atoms with Crippen molar-refractivity contribution in [3.05, 3.63) is 58.0 Å². The van der Waals surface area contributed by atoms with Crippen LogP contribution >= 0.6 is 11.3 Å². The highest BCUT2D eigenvalue weighted by atomic mass is 32.1. The van der Waals surface area contributed by atoms with Crippen molar-refractivity contribution >= 4 is 38.5 Å². The summed E-state index contributed by atoms with van der Waals surface area (Å²) in [5.74, 6) is -0.755. The number of unbranched alkanes of at least 4 members (excludes halogenated alkanes) is 1. The molecule has 0 bridgehead atoms. The number of anilines is 1. The van der Waals surface area contributed by atoms with E-state index in [1.807, 2.05) is 39.0 Å². The molecule has 8 nitrogen and oxygen atoms in total. The van der Waals surface area contributed by atoms with Gasteiger partial charge in [0.1, 0.15) is 11.1 Å². The molecule has 0 saturated carbocycles. The van der Waals surface area contributed by atoms with Gasteiger partial charge in [-0.05, 0) is 32.4 Å². The fourth-order valence-electron chi connectivity index (χ4n) is 3.95. The van der Waals surface area contributed by atoms with Gasteiger partial charge in [-0.25, -0.2) is 4.98 Å². The van der Waals surface area contributed by atoms with Crippen LogP contribution in [0.4, 0.5) is 5.13 Å². The minimum atomic E-state index is -0.510. The lowest BCUT2D eigenvalue weighted by Crippen LogP contribution is -2.50. The third-order valence-corrected chi connectivity index (χ3v) is 7.15. The Morgan fingerprint density at radius 3 is 2.47 bits per heavy atom. The summed E-state index contributed by atoms with van der Waals surface area (Å²) in [7, 11) is 0. The Kier molecular flexibility index (Phi) is 7.31. The van der Waals surface area contributed by atoms with Crippen molar-refractivity contribution in [1.82, 2.24) is 19.8 Å². The van der Waals surface area contributed by atoms with E-state index in [9.17, 15) is 14.4 Å². The number of fused-ring (bicyclic) bond motifs is 1. The van der Waals surface area contributed by atoms with Crippen molar-refractivity contribution in [2.45, 2.75) is 39.7 Å². The van der Waals surface area contributed by atoms with E-state index in [0.29, 0.717) is 32.7 Å². The first-order valence-corrected chi connectivity index (χ1v) is 12.6. The number of rotatable bonds is 7. The molecule has 2 aromatic heterocycles. The highest BCUT2D eigenvalue weighted by Crippen LogP contribution is 2.29. The summed E-state index contributed by atoms with van der Waals surface area (Å²) in [6.07, 6.45) is 4.91. The molecule has 1 aromatic carbocycles. The van der Waals surface area contributed by atoms with Crippen LogP contribution in [0.25, 0.3) is 10.2 Å². The maximum atomic E-state index is 13.4. The third-order valence-electron chi connectivity index (χ3n) is 6.05. The fraction of sp³-hybridized carbons (Fsp3) is 0.440. The van der Waals surface area contributed by atoms with E-state index in [1.165, 1.54) is 0 Å². The first-order valence-electron chi connectivity index (χ1n) is 11.8. The number of nitrogens with zero attached hydrogens (tertiary/aromatic N) is 4. The molecule has 0 radical (unpaired) electrons. The maximum Gasteiger partial charge on any atom is 0.259 e. The molecule has 1 aliphatic rings.